The molecule has 6 heteroatoms. The number of benzene rings is 1. The number of fused-ring (bicyclic) bond motifs is 1. The van der Waals surface area contributed by atoms with Crippen molar-refractivity contribution in [3.05, 3.63) is 23.8 Å². The van der Waals surface area contributed by atoms with Crippen LogP contribution < -0.4 is 10.0 Å². The molecule has 1 aromatic carbocycles. The molecule has 3 rings (SSSR count). The first-order valence-corrected chi connectivity index (χ1v) is 9.08. The van der Waals surface area contributed by atoms with E-state index in [0.29, 0.717) is 18.8 Å². The molecule has 0 radical (unpaired) electrons. The molecule has 21 heavy (non-hydrogen) atoms. The maximum Gasteiger partial charge on any atom is 0.304 e. The monoisotopic (exact) mass is 309 g/mol. The number of rotatable bonds is 2. The van der Waals surface area contributed by atoms with Crippen LogP contribution in [0.5, 0.6) is 0 Å². The fraction of sp³-hybridized carbons (Fsp3) is 0.600. The minimum atomic E-state index is -3.43. The number of piperidine rings is 1. The van der Waals surface area contributed by atoms with E-state index in [1.54, 1.807) is 14.7 Å². The predicted molar refractivity (Wildman–Crippen MR) is 85.5 cm³/mol. The average molecular weight is 309 g/mol. The first kappa shape index (κ1) is 14.7. The van der Waals surface area contributed by atoms with Crippen molar-refractivity contribution in [2.45, 2.75) is 45.1 Å². The highest BCUT2D eigenvalue weighted by Gasteiger charge is 2.36. The molecule has 1 aromatic rings. The van der Waals surface area contributed by atoms with Crippen LogP contribution in [0.15, 0.2) is 18.2 Å². The highest BCUT2D eigenvalue weighted by molar-refractivity contribution is 7.90. The zero-order chi connectivity index (χ0) is 15.0. The summed E-state index contributed by atoms with van der Waals surface area (Å²) in [4.78, 5) is 0. The lowest BCUT2D eigenvalue weighted by Crippen LogP contribution is -2.51. The van der Waals surface area contributed by atoms with E-state index in [-0.39, 0.29) is 6.04 Å². The van der Waals surface area contributed by atoms with Gasteiger partial charge in [-0.2, -0.15) is 12.7 Å². The fourth-order valence-electron chi connectivity index (χ4n) is 3.36. The fourth-order valence-corrected chi connectivity index (χ4v) is 5.32. The molecule has 0 amide bonds. The SMILES string of the molecule is CC1CCCCN1S(=O)(=O)N1CCCc2cc(N)ccc21. The second-order valence-electron chi connectivity index (χ2n) is 6.03. The molecule has 1 fully saturated rings. The molecule has 0 aliphatic carbocycles. The highest BCUT2D eigenvalue weighted by atomic mass is 32.2. The van der Waals surface area contributed by atoms with E-state index >= 15 is 0 Å². The number of hydrogen-bond donors (Lipinski definition) is 1. The molecule has 0 bridgehead atoms. The quantitative estimate of drug-likeness (QED) is 0.851. The maximum absolute atomic E-state index is 13.0. The largest absolute Gasteiger partial charge is 0.399 e. The van der Waals surface area contributed by atoms with Gasteiger partial charge in [-0.15, -0.1) is 0 Å². The lowest BCUT2D eigenvalue weighted by atomic mass is 10.0. The Morgan fingerprint density at radius 3 is 2.76 bits per heavy atom. The third-order valence-corrected chi connectivity index (χ3v) is 6.57. The molecular weight excluding hydrogens is 286 g/mol. The van der Waals surface area contributed by atoms with Crippen molar-refractivity contribution >= 4 is 21.6 Å². The summed E-state index contributed by atoms with van der Waals surface area (Å²) in [6.45, 7) is 3.19. The summed E-state index contributed by atoms with van der Waals surface area (Å²) in [5.41, 5.74) is 8.35. The number of aryl methyl sites for hydroxylation is 1. The lowest BCUT2D eigenvalue weighted by Gasteiger charge is -2.39. The minimum Gasteiger partial charge on any atom is -0.399 e. The van der Waals surface area contributed by atoms with Crippen LogP contribution in [-0.4, -0.2) is 31.9 Å². The summed E-state index contributed by atoms with van der Waals surface area (Å²) >= 11 is 0. The summed E-state index contributed by atoms with van der Waals surface area (Å²) in [7, 11) is -3.43. The van der Waals surface area contributed by atoms with Crippen LogP contribution in [0.3, 0.4) is 0 Å². The second kappa shape index (κ2) is 5.50. The molecule has 116 valence electrons. The van der Waals surface area contributed by atoms with E-state index < -0.39 is 10.2 Å². The molecule has 2 aliphatic rings. The topological polar surface area (TPSA) is 66.6 Å². The molecule has 1 saturated heterocycles. The third-order valence-electron chi connectivity index (χ3n) is 4.50. The summed E-state index contributed by atoms with van der Waals surface area (Å²) in [5.74, 6) is 0. The Labute approximate surface area is 126 Å². The van der Waals surface area contributed by atoms with Crippen LogP contribution >= 0.6 is 0 Å². The zero-order valence-corrected chi connectivity index (χ0v) is 13.3. The van der Waals surface area contributed by atoms with E-state index in [9.17, 15) is 8.42 Å². The van der Waals surface area contributed by atoms with Crippen molar-refractivity contribution in [1.82, 2.24) is 4.31 Å². The van der Waals surface area contributed by atoms with Crippen LogP contribution in [-0.2, 0) is 16.6 Å². The molecule has 0 aromatic heterocycles. The molecule has 2 heterocycles. The van der Waals surface area contributed by atoms with Gasteiger partial charge in [0, 0.05) is 24.8 Å². The van der Waals surface area contributed by atoms with Gasteiger partial charge in [0.2, 0.25) is 0 Å². The zero-order valence-electron chi connectivity index (χ0n) is 12.5. The summed E-state index contributed by atoms with van der Waals surface area (Å²) < 4.78 is 29.3. The van der Waals surface area contributed by atoms with Gasteiger partial charge < -0.3 is 5.73 Å². The average Bonchev–Trinajstić information content (AvgIpc) is 2.46. The van der Waals surface area contributed by atoms with Gasteiger partial charge >= 0.3 is 10.2 Å². The normalized spacial score (nSPS) is 23.9. The van der Waals surface area contributed by atoms with E-state index in [0.717, 1.165) is 43.4 Å². The molecule has 2 aliphatic heterocycles. The first-order valence-electron chi connectivity index (χ1n) is 7.68. The maximum atomic E-state index is 13.0. The molecule has 2 N–H and O–H groups in total. The second-order valence-corrected chi connectivity index (χ2v) is 7.83. The molecule has 1 unspecified atom stereocenters. The minimum absolute atomic E-state index is 0.0860. The Bertz CT molecular complexity index is 630. The number of nitrogens with zero attached hydrogens (tertiary/aromatic N) is 2. The predicted octanol–water partition coefficient (Wildman–Crippen LogP) is 2.14. The van der Waals surface area contributed by atoms with Gasteiger partial charge in [0.15, 0.2) is 0 Å². The smallest absolute Gasteiger partial charge is 0.304 e. The van der Waals surface area contributed by atoms with Gasteiger partial charge in [0.25, 0.3) is 0 Å². The number of nitrogens with two attached hydrogens (primary N) is 1. The van der Waals surface area contributed by atoms with Crippen molar-refractivity contribution in [1.29, 1.82) is 0 Å². The van der Waals surface area contributed by atoms with E-state index in [1.807, 2.05) is 19.1 Å². The van der Waals surface area contributed by atoms with Crippen molar-refractivity contribution < 1.29 is 8.42 Å². The molecule has 0 spiro atoms. The molecule has 0 saturated carbocycles. The van der Waals surface area contributed by atoms with E-state index in [2.05, 4.69) is 0 Å². The number of nitrogen functional groups attached to an aromatic ring is 1. The summed E-state index contributed by atoms with van der Waals surface area (Å²) in [5, 5.41) is 0. The Hall–Kier alpha value is -1.27. The van der Waals surface area contributed by atoms with Gasteiger partial charge in [-0.1, -0.05) is 6.42 Å². The van der Waals surface area contributed by atoms with Gasteiger partial charge in [-0.25, -0.2) is 0 Å². The van der Waals surface area contributed by atoms with Crippen LogP contribution in [0.4, 0.5) is 11.4 Å². The number of anilines is 2. The number of hydrogen-bond acceptors (Lipinski definition) is 3. The van der Waals surface area contributed by atoms with Gasteiger partial charge in [-0.3, -0.25) is 4.31 Å². The molecule has 1 atom stereocenters. The summed E-state index contributed by atoms with van der Waals surface area (Å²) in [6, 6.07) is 5.61. The van der Waals surface area contributed by atoms with E-state index in [4.69, 9.17) is 5.73 Å². The molecule has 5 nitrogen and oxygen atoms in total. The first-order chi connectivity index (χ1) is 10.00. The molecular formula is C15H23N3O2S. The lowest BCUT2D eigenvalue weighted by molar-refractivity contribution is 0.267. The van der Waals surface area contributed by atoms with Gasteiger partial charge in [0.1, 0.15) is 0 Å². The van der Waals surface area contributed by atoms with Crippen molar-refractivity contribution in [3.8, 4) is 0 Å². The van der Waals surface area contributed by atoms with Crippen molar-refractivity contribution in [3.63, 3.8) is 0 Å². The third kappa shape index (κ3) is 2.62. The van der Waals surface area contributed by atoms with Gasteiger partial charge in [0.05, 0.1) is 5.69 Å². The Balaban J connectivity index is 1.97. The Morgan fingerprint density at radius 1 is 1.19 bits per heavy atom. The van der Waals surface area contributed by atoms with E-state index in [1.165, 1.54) is 0 Å². The van der Waals surface area contributed by atoms with Crippen LogP contribution in [0, 0.1) is 0 Å². The van der Waals surface area contributed by atoms with Crippen LogP contribution in [0.2, 0.25) is 0 Å². The van der Waals surface area contributed by atoms with Crippen molar-refractivity contribution in [2.24, 2.45) is 0 Å². The highest BCUT2D eigenvalue weighted by Crippen LogP contribution is 2.33. The van der Waals surface area contributed by atoms with Crippen molar-refractivity contribution in [2.75, 3.05) is 23.1 Å². The Morgan fingerprint density at radius 2 is 2.00 bits per heavy atom. The standard InChI is InChI=1S/C15H23N3O2S/c1-12-5-2-3-9-17(12)21(19,20)18-10-4-6-13-11-14(16)7-8-15(13)18/h7-8,11-12H,2-6,9-10,16H2,1H3. The van der Waals surface area contributed by atoms with Crippen LogP contribution in [0.1, 0.15) is 38.2 Å². The van der Waals surface area contributed by atoms with Gasteiger partial charge in [-0.05, 0) is 56.4 Å². The Kier molecular flexibility index (Phi) is 3.84. The summed E-state index contributed by atoms with van der Waals surface area (Å²) in [6.07, 6.45) is 4.74. The van der Waals surface area contributed by atoms with Crippen LogP contribution in [0.25, 0.3) is 0 Å².